The SMILES string of the molecule is COC(=O)CNC(=O)c1cccc(C#CCCCS(=O)N(C)C)c1. The lowest BCUT2D eigenvalue weighted by Gasteiger charge is -2.07. The summed E-state index contributed by atoms with van der Waals surface area (Å²) in [7, 11) is 3.85. The molecule has 1 N–H and O–H groups in total. The average molecular weight is 350 g/mol. The third-order valence-corrected chi connectivity index (χ3v) is 4.46. The summed E-state index contributed by atoms with van der Waals surface area (Å²) >= 11 is 0. The second-order valence-electron chi connectivity index (χ2n) is 5.08. The van der Waals surface area contributed by atoms with Crippen LogP contribution in [-0.4, -0.2) is 53.9 Å². The van der Waals surface area contributed by atoms with Crippen molar-refractivity contribution < 1.29 is 18.5 Å². The van der Waals surface area contributed by atoms with Crippen molar-refractivity contribution >= 4 is 22.9 Å². The van der Waals surface area contributed by atoms with E-state index in [0.29, 0.717) is 17.7 Å². The van der Waals surface area contributed by atoms with Crippen LogP contribution in [0.15, 0.2) is 24.3 Å². The highest BCUT2D eigenvalue weighted by Gasteiger charge is 2.08. The number of ether oxygens (including phenoxy) is 1. The molecular weight excluding hydrogens is 328 g/mol. The van der Waals surface area contributed by atoms with E-state index in [0.717, 1.165) is 12.0 Å². The maximum Gasteiger partial charge on any atom is 0.325 e. The number of rotatable bonds is 7. The third-order valence-electron chi connectivity index (χ3n) is 3.01. The smallest absolute Gasteiger partial charge is 0.325 e. The van der Waals surface area contributed by atoms with Gasteiger partial charge in [-0.05, 0) is 38.7 Å². The lowest BCUT2D eigenvalue weighted by Crippen LogP contribution is -2.30. The fraction of sp³-hybridized carbons (Fsp3) is 0.412. The van der Waals surface area contributed by atoms with Crippen LogP contribution in [0.3, 0.4) is 0 Å². The van der Waals surface area contributed by atoms with Crippen molar-refractivity contribution in [3.05, 3.63) is 35.4 Å². The van der Waals surface area contributed by atoms with Crippen molar-refractivity contribution in [2.24, 2.45) is 0 Å². The summed E-state index contributed by atoms with van der Waals surface area (Å²) in [5.74, 6) is 5.72. The van der Waals surface area contributed by atoms with Crippen molar-refractivity contribution in [2.45, 2.75) is 12.8 Å². The summed E-state index contributed by atoms with van der Waals surface area (Å²) in [6.07, 6.45) is 1.38. The summed E-state index contributed by atoms with van der Waals surface area (Å²) in [6, 6.07) is 6.86. The number of hydrogen-bond acceptors (Lipinski definition) is 4. The van der Waals surface area contributed by atoms with Gasteiger partial charge in [-0.3, -0.25) is 9.59 Å². The molecule has 1 aromatic rings. The van der Waals surface area contributed by atoms with Gasteiger partial charge in [-0.25, -0.2) is 8.51 Å². The molecule has 0 radical (unpaired) electrons. The number of esters is 1. The van der Waals surface area contributed by atoms with E-state index in [-0.39, 0.29) is 12.5 Å². The summed E-state index contributed by atoms with van der Waals surface area (Å²) in [5.41, 5.74) is 1.15. The first-order valence-electron chi connectivity index (χ1n) is 7.43. The highest BCUT2D eigenvalue weighted by atomic mass is 32.2. The largest absolute Gasteiger partial charge is 0.468 e. The molecule has 1 rings (SSSR count). The lowest BCUT2D eigenvalue weighted by molar-refractivity contribution is -0.139. The molecule has 0 fully saturated rings. The van der Waals surface area contributed by atoms with E-state index in [2.05, 4.69) is 21.9 Å². The third kappa shape index (κ3) is 7.40. The molecule has 0 saturated carbocycles. The van der Waals surface area contributed by atoms with Crippen LogP contribution < -0.4 is 5.32 Å². The van der Waals surface area contributed by atoms with E-state index >= 15 is 0 Å². The number of benzene rings is 1. The Morgan fingerprint density at radius 1 is 1.33 bits per heavy atom. The molecule has 0 aromatic heterocycles. The van der Waals surface area contributed by atoms with Gasteiger partial charge in [0.1, 0.15) is 6.54 Å². The molecule has 0 aliphatic carbocycles. The van der Waals surface area contributed by atoms with Crippen LogP contribution in [-0.2, 0) is 20.5 Å². The van der Waals surface area contributed by atoms with E-state index in [4.69, 9.17) is 0 Å². The molecule has 0 heterocycles. The highest BCUT2D eigenvalue weighted by Crippen LogP contribution is 2.04. The summed E-state index contributed by atoms with van der Waals surface area (Å²) < 4.78 is 17.7. The van der Waals surface area contributed by atoms with Crippen molar-refractivity contribution in [3.63, 3.8) is 0 Å². The van der Waals surface area contributed by atoms with Gasteiger partial charge in [0.15, 0.2) is 0 Å². The number of methoxy groups -OCH3 is 1. The monoisotopic (exact) mass is 350 g/mol. The Labute approximate surface area is 145 Å². The Morgan fingerprint density at radius 3 is 2.75 bits per heavy atom. The fourth-order valence-electron chi connectivity index (χ4n) is 1.70. The number of unbranched alkanes of at least 4 members (excludes halogenated alkanes) is 1. The lowest BCUT2D eigenvalue weighted by atomic mass is 10.1. The van der Waals surface area contributed by atoms with Crippen LogP contribution in [0.2, 0.25) is 0 Å². The van der Waals surface area contributed by atoms with Crippen molar-refractivity contribution in [3.8, 4) is 11.8 Å². The predicted molar refractivity (Wildman–Crippen MR) is 93.6 cm³/mol. The van der Waals surface area contributed by atoms with Gasteiger partial charge >= 0.3 is 5.97 Å². The van der Waals surface area contributed by atoms with Crippen LogP contribution in [0, 0.1) is 11.8 Å². The van der Waals surface area contributed by atoms with Crippen LogP contribution in [0.1, 0.15) is 28.8 Å². The molecule has 0 bridgehead atoms. The highest BCUT2D eigenvalue weighted by molar-refractivity contribution is 7.82. The summed E-state index contributed by atoms with van der Waals surface area (Å²) in [4.78, 5) is 23.0. The zero-order valence-electron chi connectivity index (χ0n) is 14.1. The molecular formula is C17H22N2O4S. The van der Waals surface area contributed by atoms with Crippen LogP contribution in [0.4, 0.5) is 0 Å². The zero-order chi connectivity index (χ0) is 17.9. The quantitative estimate of drug-likeness (QED) is 0.451. The summed E-state index contributed by atoms with van der Waals surface area (Å²) in [5, 5.41) is 2.48. The minimum atomic E-state index is -0.962. The molecule has 0 aliphatic heterocycles. The second kappa shape index (κ2) is 10.6. The molecule has 0 aliphatic rings. The minimum Gasteiger partial charge on any atom is -0.468 e. The second-order valence-corrected chi connectivity index (χ2v) is 6.86. The Hall–Kier alpha value is -2.17. The summed E-state index contributed by atoms with van der Waals surface area (Å²) in [6.45, 7) is -0.172. The maximum atomic E-state index is 11.9. The van der Waals surface area contributed by atoms with E-state index in [1.807, 2.05) is 6.07 Å². The number of nitrogens with zero attached hydrogens (tertiary/aromatic N) is 1. The first kappa shape index (κ1) is 19.9. The standard InChI is InChI=1S/C17H22N2O4S/c1-19(2)24(22)11-6-4-5-8-14-9-7-10-15(12-14)17(21)18-13-16(20)23-3/h7,9-10,12H,4,6,11,13H2,1-3H3,(H,18,21). The zero-order valence-corrected chi connectivity index (χ0v) is 14.9. The van der Waals surface area contributed by atoms with Crippen molar-refractivity contribution in [1.82, 2.24) is 9.62 Å². The van der Waals surface area contributed by atoms with Gasteiger partial charge in [-0.2, -0.15) is 0 Å². The predicted octanol–water partition coefficient (Wildman–Crippen LogP) is 0.946. The normalized spacial score (nSPS) is 11.3. The first-order chi connectivity index (χ1) is 11.4. The van der Waals surface area contributed by atoms with Gasteiger partial charge in [0.2, 0.25) is 0 Å². The Balaban J connectivity index is 2.54. The number of nitrogens with one attached hydrogen (secondary N) is 1. The first-order valence-corrected chi connectivity index (χ1v) is 8.71. The maximum absolute atomic E-state index is 11.9. The molecule has 0 saturated heterocycles. The number of carbonyl (C=O) groups excluding carboxylic acids is 2. The minimum absolute atomic E-state index is 0.172. The molecule has 1 amide bonds. The van der Waals surface area contributed by atoms with Gasteiger partial charge < -0.3 is 10.1 Å². The van der Waals surface area contributed by atoms with E-state index in [1.165, 1.54) is 7.11 Å². The van der Waals surface area contributed by atoms with Gasteiger partial charge in [-0.1, -0.05) is 17.9 Å². The Bertz CT molecular complexity index is 662. The number of carbonyl (C=O) groups is 2. The molecule has 0 spiro atoms. The molecule has 7 heteroatoms. The van der Waals surface area contributed by atoms with E-state index < -0.39 is 17.0 Å². The fourth-order valence-corrected chi connectivity index (χ4v) is 2.45. The molecule has 1 atom stereocenters. The molecule has 1 unspecified atom stereocenters. The Kier molecular flexibility index (Phi) is 8.76. The van der Waals surface area contributed by atoms with Crippen LogP contribution in [0.25, 0.3) is 0 Å². The van der Waals surface area contributed by atoms with Crippen molar-refractivity contribution in [1.29, 1.82) is 0 Å². The van der Waals surface area contributed by atoms with Gasteiger partial charge in [0, 0.05) is 23.3 Å². The molecule has 24 heavy (non-hydrogen) atoms. The number of amides is 1. The van der Waals surface area contributed by atoms with Gasteiger partial charge in [0.25, 0.3) is 5.91 Å². The Morgan fingerprint density at radius 2 is 2.08 bits per heavy atom. The van der Waals surface area contributed by atoms with Crippen molar-refractivity contribution in [2.75, 3.05) is 33.5 Å². The van der Waals surface area contributed by atoms with Crippen LogP contribution >= 0.6 is 0 Å². The molecule has 130 valence electrons. The van der Waals surface area contributed by atoms with Gasteiger partial charge in [-0.15, -0.1) is 0 Å². The topological polar surface area (TPSA) is 75.7 Å². The average Bonchev–Trinajstić information content (AvgIpc) is 2.58. The number of hydrogen-bond donors (Lipinski definition) is 1. The molecule has 1 aromatic carbocycles. The van der Waals surface area contributed by atoms with Gasteiger partial charge in [0.05, 0.1) is 18.1 Å². The molecule has 6 nitrogen and oxygen atoms in total. The van der Waals surface area contributed by atoms with E-state index in [1.54, 1.807) is 36.6 Å². The van der Waals surface area contributed by atoms with E-state index in [9.17, 15) is 13.8 Å². The van der Waals surface area contributed by atoms with Crippen LogP contribution in [0.5, 0.6) is 0 Å².